The third kappa shape index (κ3) is 5.30. The molecule has 0 spiro atoms. The van der Waals surface area contributed by atoms with Gasteiger partial charge in [0.05, 0.1) is 12.8 Å². The van der Waals surface area contributed by atoms with Crippen LogP contribution in [-0.2, 0) is 19.6 Å². The van der Waals surface area contributed by atoms with Gasteiger partial charge in [0.25, 0.3) is 0 Å². The Morgan fingerprint density at radius 1 is 1.33 bits per heavy atom. The predicted octanol–water partition coefficient (Wildman–Crippen LogP) is 4.03. The summed E-state index contributed by atoms with van der Waals surface area (Å²) in [6.07, 6.45) is 1.73. The van der Waals surface area contributed by atoms with Crippen molar-refractivity contribution in [3.63, 3.8) is 0 Å². The summed E-state index contributed by atoms with van der Waals surface area (Å²) in [6.45, 7) is 10.6. The molecule has 1 N–H and O–H groups in total. The summed E-state index contributed by atoms with van der Waals surface area (Å²) in [5.74, 6) is 1.72. The molecule has 2 aromatic rings. The molecule has 0 bridgehead atoms. The SMILES string of the molecule is Cc1sc(CNCC(C)C)cc1CN(C)Cc1ccco1. The molecule has 116 valence electrons. The number of hydrogen-bond acceptors (Lipinski definition) is 4. The van der Waals surface area contributed by atoms with Gasteiger partial charge in [-0.15, -0.1) is 11.3 Å². The van der Waals surface area contributed by atoms with E-state index in [0.717, 1.165) is 31.9 Å². The van der Waals surface area contributed by atoms with Gasteiger partial charge < -0.3 is 9.73 Å². The summed E-state index contributed by atoms with van der Waals surface area (Å²) in [6, 6.07) is 6.31. The summed E-state index contributed by atoms with van der Waals surface area (Å²) in [5.41, 5.74) is 1.43. The van der Waals surface area contributed by atoms with Crippen molar-refractivity contribution in [1.82, 2.24) is 10.2 Å². The van der Waals surface area contributed by atoms with Crippen molar-refractivity contribution in [2.45, 2.75) is 40.4 Å². The molecule has 0 aliphatic heterocycles. The number of hydrogen-bond donors (Lipinski definition) is 1. The smallest absolute Gasteiger partial charge is 0.117 e. The predicted molar refractivity (Wildman–Crippen MR) is 89.5 cm³/mol. The van der Waals surface area contributed by atoms with Gasteiger partial charge in [0.1, 0.15) is 5.76 Å². The van der Waals surface area contributed by atoms with E-state index >= 15 is 0 Å². The van der Waals surface area contributed by atoms with E-state index in [1.807, 2.05) is 23.5 Å². The fraction of sp³-hybridized carbons (Fsp3) is 0.529. The van der Waals surface area contributed by atoms with Crippen LogP contribution in [0.15, 0.2) is 28.9 Å². The van der Waals surface area contributed by atoms with E-state index in [9.17, 15) is 0 Å². The first kappa shape index (κ1) is 16.3. The minimum absolute atomic E-state index is 0.699. The van der Waals surface area contributed by atoms with Gasteiger partial charge in [-0.25, -0.2) is 0 Å². The maximum Gasteiger partial charge on any atom is 0.117 e. The number of rotatable bonds is 8. The summed E-state index contributed by atoms with van der Waals surface area (Å²) < 4.78 is 5.40. The van der Waals surface area contributed by atoms with Gasteiger partial charge in [0, 0.05) is 22.8 Å². The lowest BCUT2D eigenvalue weighted by molar-refractivity contribution is 0.287. The first-order valence-corrected chi connectivity index (χ1v) is 8.36. The molecule has 2 aromatic heterocycles. The van der Waals surface area contributed by atoms with E-state index in [1.165, 1.54) is 15.3 Å². The highest BCUT2D eigenvalue weighted by molar-refractivity contribution is 7.12. The minimum atomic E-state index is 0.699. The molecule has 0 amide bonds. The van der Waals surface area contributed by atoms with Crippen molar-refractivity contribution in [3.8, 4) is 0 Å². The standard InChI is InChI=1S/C17H26N2OS/c1-13(2)9-18-10-17-8-15(14(3)21-17)11-19(4)12-16-6-5-7-20-16/h5-8,13,18H,9-12H2,1-4H3. The van der Waals surface area contributed by atoms with Crippen LogP contribution in [0, 0.1) is 12.8 Å². The van der Waals surface area contributed by atoms with E-state index in [-0.39, 0.29) is 0 Å². The molecule has 3 nitrogen and oxygen atoms in total. The lowest BCUT2D eigenvalue weighted by Crippen LogP contribution is -2.18. The van der Waals surface area contributed by atoms with E-state index in [1.54, 1.807) is 6.26 Å². The molecule has 0 radical (unpaired) electrons. The second-order valence-corrected chi connectivity index (χ2v) is 7.41. The summed E-state index contributed by atoms with van der Waals surface area (Å²) in [4.78, 5) is 5.14. The van der Waals surface area contributed by atoms with Crippen LogP contribution in [0.2, 0.25) is 0 Å². The Hall–Kier alpha value is -1.10. The maximum atomic E-state index is 5.40. The Kier molecular flexibility index (Phi) is 6.03. The first-order chi connectivity index (χ1) is 10.0. The highest BCUT2D eigenvalue weighted by atomic mass is 32.1. The van der Waals surface area contributed by atoms with Crippen LogP contribution in [0.3, 0.4) is 0 Å². The Morgan fingerprint density at radius 3 is 2.81 bits per heavy atom. The zero-order valence-corrected chi connectivity index (χ0v) is 14.3. The van der Waals surface area contributed by atoms with Crippen molar-refractivity contribution in [2.24, 2.45) is 5.92 Å². The van der Waals surface area contributed by atoms with Crippen LogP contribution in [0.5, 0.6) is 0 Å². The topological polar surface area (TPSA) is 28.4 Å². The molecule has 0 aromatic carbocycles. The molecule has 2 rings (SSSR count). The van der Waals surface area contributed by atoms with Crippen LogP contribution in [0.1, 0.15) is 34.9 Å². The number of thiophene rings is 1. The normalized spacial score (nSPS) is 11.7. The molecule has 0 aliphatic carbocycles. The summed E-state index contributed by atoms with van der Waals surface area (Å²) in [7, 11) is 2.14. The van der Waals surface area contributed by atoms with E-state index in [2.05, 4.69) is 44.1 Å². The number of furan rings is 1. The monoisotopic (exact) mass is 306 g/mol. The molecule has 2 heterocycles. The van der Waals surface area contributed by atoms with Crippen LogP contribution in [0.25, 0.3) is 0 Å². The Morgan fingerprint density at radius 2 is 2.14 bits per heavy atom. The van der Waals surface area contributed by atoms with Crippen LogP contribution in [-0.4, -0.2) is 18.5 Å². The molecule has 0 saturated heterocycles. The van der Waals surface area contributed by atoms with Gasteiger partial charge in [-0.05, 0) is 50.2 Å². The number of nitrogens with zero attached hydrogens (tertiary/aromatic N) is 1. The zero-order chi connectivity index (χ0) is 15.2. The van der Waals surface area contributed by atoms with Crippen molar-refractivity contribution >= 4 is 11.3 Å². The Labute approximate surface area is 132 Å². The molecule has 0 aliphatic rings. The van der Waals surface area contributed by atoms with E-state index in [0.29, 0.717) is 5.92 Å². The molecule has 0 saturated carbocycles. The molecule has 0 fully saturated rings. The molecule has 4 heteroatoms. The largest absolute Gasteiger partial charge is 0.468 e. The molecule has 0 unspecified atom stereocenters. The molecule has 0 atom stereocenters. The van der Waals surface area contributed by atoms with E-state index < -0.39 is 0 Å². The first-order valence-electron chi connectivity index (χ1n) is 7.54. The second kappa shape index (κ2) is 7.78. The lowest BCUT2D eigenvalue weighted by Gasteiger charge is -2.14. The van der Waals surface area contributed by atoms with Crippen LogP contribution >= 0.6 is 11.3 Å². The number of aryl methyl sites for hydroxylation is 1. The van der Waals surface area contributed by atoms with Crippen molar-refractivity contribution in [1.29, 1.82) is 0 Å². The molecular weight excluding hydrogens is 280 g/mol. The van der Waals surface area contributed by atoms with Crippen molar-refractivity contribution in [3.05, 3.63) is 45.5 Å². The fourth-order valence-corrected chi connectivity index (χ4v) is 3.35. The van der Waals surface area contributed by atoms with Gasteiger partial charge in [0.15, 0.2) is 0 Å². The summed E-state index contributed by atoms with van der Waals surface area (Å²) in [5, 5.41) is 3.51. The maximum absolute atomic E-state index is 5.40. The fourth-order valence-electron chi connectivity index (χ4n) is 2.33. The molecular formula is C17H26N2OS. The average Bonchev–Trinajstić information content (AvgIpc) is 3.00. The average molecular weight is 306 g/mol. The van der Waals surface area contributed by atoms with E-state index in [4.69, 9.17) is 4.42 Å². The van der Waals surface area contributed by atoms with Crippen LogP contribution in [0.4, 0.5) is 0 Å². The van der Waals surface area contributed by atoms with Gasteiger partial charge in [-0.1, -0.05) is 13.8 Å². The highest BCUT2D eigenvalue weighted by Crippen LogP contribution is 2.23. The highest BCUT2D eigenvalue weighted by Gasteiger charge is 2.09. The number of nitrogens with one attached hydrogen (secondary N) is 1. The quantitative estimate of drug-likeness (QED) is 0.798. The molecule has 21 heavy (non-hydrogen) atoms. The van der Waals surface area contributed by atoms with Crippen LogP contribution < -0.4 is 5.32 Å². The third-order valence-corrected chi connectivity index (χ3v) is 4.46. The second-order valence-electron chi connectivity index (χ2n) is 6.07. The Bertz CT molecular complexity index is 531. The minimum Gasteiger partial charge on any atom is -0.468 e. The third-order valence-electron chi connectivity index (χ3n) is 3.37. The van der Waals surface area contributed by atoms with Crippen molar-refractivity contribution in [2.75, 3.05) is 13.6 Å². The van der Waals surface area contributed by atoms with Gasteiger partial charge in [-0.2, -0.15) is 0 Å². The van der Waals surface area contributed by atoms with Gasteiger partial charge in [0.2, 0.25) is 0 Å². The lowest BCUT2D eigenvalue weighted by atomic mass is 10.2. The van der Waals surface area contributed by atoms with Gasteiger partial charge in [-0.3, -0.25) is 4.90 Å². The zero-order valence-electron chi connectivity index (χ0n) is 13.5. The van der Waals surface area contributed by atoms with Gasteiger partial charge >= 0.3 is 0 Å². The Balaban J connectivity index is 1.86. The van der Waals surface area contributed by atoms with Crippen molar-refractivity contribution < 1.29 is 4.42 Å². The summed E-state index contributed by atoms with van der Waals surface area (Å²) >= 11 is 1.90.